The van der Waals surface area contributed by atoms with Crippen LogP contribution in [0.5, 0.6) is 0 Å². The van der Waals surface area contributed by atoms with E-state index in [1.807, 2.05) is 0 Å². The molecule has 0 aliphatic carbocycles. The first-order chi connectivity index (χ1) is 4.92. The molecule has 0 aromatic rings. The van der Waals surface area contributed by atoms with Gasteiger partial charge in [-0.3, -0.25) is 8.98 Å². The zero-order valence-corrected chi connectivity index (χ0v) is 6.68. The maximum absolute atomic E-state index is 10.2. The summed E-state index contributed by atoms with van der Waals surface area (Å²) in [5, 5.41) is 2.25. The lowest BCUT2D eigenvalue weighted by Gasteiger charge is -2.06. The summed E-state index contributed by atoms with van der Waals surface area (Å²) >= 11 is 0. The molecule has 0 unspecified atom stereocenters. The molecule has 1 N–H and O–H groups in total. The Hall–Kier alpha value is -0.660. The van der Waals surface area contributed by atoms with Crippen molar-refractivity contribution in [1.29, 1.82) is 0 Å². The minimum atomic E-state index is -4.62. The molecule has 6 nitrogen and oxygen atoms in total. The lowest BCUT2D eigenvalue weighted by Crippen LogP contribution is -2.25. The molecule has 7 heteroatoms. The van der Waals surface area contributed by atoms with E-state index in [0.29, 0.717) is 0 Å². The predicted octanol–water partition coefficient (Wildman–Crippen LogP) is -1.40. The summed E-state index contributed by atoms with van der Waals surface area (Å²) in [6, 6.07) is 0. The van der Waals surface area contributed by atoms with Crippen LogP contribution in [0.15, 0.2) is 0 Å². The Morgan fingerprint density at radius 1 is 1.64 bits per heavy atom. The van der Waals surface area contributed by atoms with Gasteiger partial charge in [0.05, 0.1) is 6.61 Å². The van der Waals surface area contributed by atoms with Crippen molar-refractivity contribution in [2.24, 2.45) is 0 Å². The molecule has 0 aromatic heterocycles. The van der Waals surface area contributed by atoms with Crippen LogP contribution < -0.4 is 5.32 Å². The summed E-state index contributed by atoms with van der Waals surface area (Å²) in [4.78, 5) is 10.2. The van der Waals surface area contributed by atoms with Gasteiger partial charge in [0.1, 0.15) is 0 Å². The molecule has 0 atom stereocenters. The molecule has 0 heterocycles. The van der Waals surface area contributed by atoms with E-state index < -0.39 is 10.4 Å². The van der Waals surface area contributed by atoms with Gasteiger partial charge in [0.25, 0.3) is 0 Å². The molecule has 0 rings (SSSR count). The van der Waals surface area contributed by atoms with Gasteiger partial charge in [0.2, 0.25) is 16.3 Å². The van der Waals surface area contributed by atoms with Crippen LogP contribution in [0, 0.1) is 0 Å². The maximum atomic E-state index is 10.2. The van der Waals surface area contributed by atoms with Crippen LogP contribution in [0.1, 0.15) is 6.92 Å². The first-order valence-corrected chi connectivity index (χ1v) is 4.10. The van der Waals surface area contributed by atoms with Crippen molar-refractivity contribution in [2.45, 2.75) is 6.92 Å². The molecule has 66 valence electrons. The second kappa shape index (κ2) is 4.27. The van der Waals surface area contributed by atoms with Gasteiger partial charge in [0, 0.05) is 13.5 Å². The third-order valence-electron chi connectivity index (χ3n) is 0.704. The normalized spacial score (nSPS) is 11.1. The molecule has 0 saturated carbocycles. The smallest absolute Gasteiger partial charge is 0.217 e. The second-order valence-corrected chi connectivity index (χ2v) is 2.77. The van der Waals surface area contributed by atoms with E-state index in [2.05, 4.69) is 9.50 Å². The van der Waals surface area contributed by atoms with Gasteiger partial charge in [0.15, 0.2) is 0 Å². The first-order valence-electron chi connectivity index (χ1n) is 2.76. The van der Waals surface area contributed by atoms with Crippen LogP contribution in [0.4, 0.5) is 0 Å². The number of rotatable bonds is 4. The minimum Gasteiger partial charge on any atom is -0.726 e. The van der Waals surface area contributed by atoms with Crippen molar-refractivity contribution in [3.05, 3.63) is 0 Å². The Kier molecular flexibility index (Phi) is 4.01. The van der Waals surface area contributed by atoms with Gasteiger partial charge in [-0.1, -0.05) is 0 Å². The first kappa shape index (κ1) is 10.3. The lowest BCUT2D eigenvalue weighted by molar-refractivity contribution is -0.119. The number of carbonyl (C=O) groups excluding carboxylic acids is 1. The fourth-order valence-electron chi connectivity index (χ4n) is 0.371. The van der Waals surface area contributed by atoms with Crippen molar-refractivity contribution in [3.8, 4) is 0 Å². The van der Waals surface area contributed by atoms with Gasteiger partial charge >= 0.3 is 0 Å². The molecule has 11 heavy (non-hydrogen) atoms. The summed E-state index contributed by atoms with van der Waals surface area (Å²) in [5.41, 5.74) is 0. The van der Waals surface area contributed by atoms with E-state index in [-0.39, 0.29) is 19.1 Å². The zero-order valence-electron chi connectivity index (χ0n) is 5.86. The molecule has 0 radical (unpaired) electrons. The van der Waals surface area contributed by atoms with Gasteiger partial charge in [-0.05, 0) is 0 Å². The standard InChI is InChI=1S/C4H9NO5S/c1-4(6)5-2-3-10-11(7,8)9/h2-3H2,1H3,(H,5,6)(H,7,8,9)/p-1. The molecule has 0 spiro atoms. The van der Waals surface area contributed by atoms with Crippen molar-refractivity contribution in [3.63, 3.8) is 0 Å². The fourth-order valence-corrected chi connectivity index (χ4v) is 0.658. The Balaban J connectivity index is 3.37. The summed E-state index contributed by atoms with van der Waals surface area (Å²) in [6.07, 6.45) is 0. The number of nitrogens with one attached hydrogen (secondary N) is 1. The van der Waals surface area contributed by atoms with Gasteiger partial charge < -0.3 is 9.87 Å². The van der Waals surface area contributed by atoms with Crippen molar-refractivity contribution < 1.29 is 21.9 Å². The minimum absolute atomic E-state index is 0.0107. The molecular formula is C4H8NO5S-. The molecular weight excluding hydrogens is 174 g/mol. The highest BCUT2D eigenvalue weighted by atomic mass is 32.3. The largest absolute Gasteiger partial charge is 0.726 e. The van der Waals surface area contributed by atoms with Gasteiger partial charge in [-0.2, -0.15) is 0 Å². The van der Waals surface area contributed by atoms with Gasteiger partial charge in [-0.25, -0.2) is 8.42 Å². The predicted molar refractivity (Wildman–Crippen MR) is 34.3 cm³/mol. The van der Waals surface area contributed by atoms with E-state index in [0.717, 1.165) is 0 Å². The van der Waals surface area contributed by atoms with Crippen molar-refractivity contribution in [1.82, 2.24) is 5.32 Å². The zero-order chi connectivity index (χ0) is 8.91. The van der Waals surface area contributed by atoms with Crippen LogP contribution in [0.2, 0.25) is 0 Å². The van der Waals surface area contributed by atoms with E-state index in [1.54, 1.807) is 0 Å². The molecule has 0 fully saturated rings. The van der Waals surface area contributed by atoms with E-state index in [9.17, 15) is 17.8 Å². The third-order valence-corrected chi connectivity index (χ3v) is 1.16. The third kappa shape index (κ3) is 9.34. The van der Waals surface area contributed by atoms with E-state index >= 15 is 0 Å². The second-order valence-electron chi connectivity index (χ2n) is 1.71. The average molecular weight is 182 g/mol. The molecule has 0 aliphatic rings. The number of carbonyl (C=O) groups is 1. The number of hydrogen-bond donors (Lipinski definition) is 1. The van der Waals surface area contributed by atoms with Crippen molar-refractivity contribution in [2.75, 3.05) is 13.2 Å². The summed E-state index contributed by atoms with van der Waals surface area (Å²) in [5.74, 6) is -0.308. The van der Waals surface area contributed by atoms with Crippen LogP contribution in [0.25, 0.3) is 0 Å². The van der Waals surface area contributed by atoms with Crippen LogP contribution in [-0.2, 0) is 19.4 Å². The number of hydrogen-bond acceptors (Lipinski definition) is 5. The summed E-state index contributed by atoms with van der Waals surface area (Å²) in [6.45, 7) is 0.952. The Morgan fingerprint density at radius 2 is 2.18 bits per heavy atom. The summed E-state index contributed by atoms with van der Waals surface area (Å²) < 4.78 is 33.1. The molecule has 0 bridgehead atoms. The highest BCUT2D eigenvalue weighted by molar-refractivity contribution is 7.80. The molecule has 0 aliphatic heterocycles. The Morgan fingerprint density at radius 3 is 2.55 bits per heavy atom. The maximum Gasteiger partial charge on any atom is 0.217 e. The van der Waals surface area contributed by atoms with Crippen molar-refractivity contribution >= 4 is 16.3 Å². The lowest BCUT2D eigenvalue weighted by atomic mass is 10.6. The fraction of sp³-hybridized carbons (Fsp3) is 0.750. The quantitative estimate of drug-likeness (QED) is 0.327. The van der Waals surface area contributed by atoms with E-state index in [4.69, 9.17) is 0 Å². The SMILES string of the molecule is CC(=O)NCCOS(=O)(=O)[O-]. The molecule has 1 amide bonds. The topological polar surface area (TPSA) is 95.5 Å². The average Bonchev–Trinajstić information content (AvgIpc) is 1.78. The van der Waals surface area contributed by atoms with Gasteiger partial charge in [-0.15, -0.1) is 0 Å². The molecule has 0 saturated heterocycles. The highest BCUT2D eigenvalue weighted by Crippen LogP contribution is 1.82. The number of amides is 1. The Labute approximate surface area is 64.5 Å². The summed E-state index contributed by atoms with van der Waals surface area (Å²) in [7, 11) is -4.62. The molecule has 0 aromatic carbocycles. The van der Waals surface area contributed by atoms with Crippen LogP contribution in [-0.4, -0.2) is 32.0 Å². The van der Waals surface area contributed by atoms with Crippen LogP contribution in [0.3, 0.4) is 0 Å². The van der Waals surface area contributed by atoms with Crippen LogP contribution >= 0.6 is 0 Å². The monoisotopic (exact) mass is 182 g/mol. The van der Waals surface area contributed by atoms with E-state index in [1.165, 1.54) is 6.92 Å². The highest BCUT2D eigenvalue weighted by Gasteiger charge is 1.94. The Bertz CT molecular complexity index is 221.